The number of amides is 1. The van der Waals surface area contributed by atoms with E-state index in [2.05, 4.69) is 17.4 Å². The number of aromatic hydroxyl groups is 1. The molecule has 1 fully saturated rings. The Labute approximate surface area is 123 Å². The molecule has 0 bridgehead atoms. The Bertz CT molecular complexity index is 654. The van der Waals surface area contributed by atoms with Gasteiger partial charge in [-0.3, -0.25) is 4.79 Å². The highest BCUT2D eigenvalue weighted by atomic mass is 16.5. The van der Waals surface area contributed by atoms with Gasteiger partial charge in [0.2, 0.25) is 0 Å². The van der Waals surface area contributed by atoms with Crippen LogP contribution in [0.2, 0.25) is 0 Å². The molecule has 108 valence electrons. The molecular formula is C17H17NO3. The summed E-state index contributed by atoms with van der Waals surface area (Å²) in [5.74, 6) is 0.608. The summed E-state index contributed by atoms with van der Waals surface area (Å²) >= 11 is 0. The van der Waals surface area contributed by atoms with Crippen molar-refractivity contribution in [2.75, 3.05) is 7.11 Å². The standard InChI is InChI=1S/C17H17NO3/c1-21-12-7-8-16(19)14(9-12)17(20)18-15-10-13(15)11-5-3-2-4-6-11/h2-9,13,15,19H,10H2,1H3,(H,18,20). The lowest BCUT2D eigenvalue weighted by Crippen LogP contribution is -2.26. The molecule has 0 radical (unpaired) electrons. The van der Waals surface area contributed by atoms with E-state index in [-0.39, 0.29) is 23.3 Å². The maximum atomic E-state index is 12.2. The van der Waals surface area contributed by atoms with Crippen LogP contribution in [0.25, 0.3) is 0 Å². The molecule has 2 unspecified atom stereocenters. The number of nitrogens with one attached hydrogen (secondary N) is 1. The monoisotopic (exact) mass is 283 g/mol. The smallest absolute Gasteiger partial charge is 0.255 e. The van der Waals surface area contributed by atoms with Gasteiger partial charge in [-0.15, -0.1) is 0 Å². The third-order valence-electron chi connectivity index (χ3n) is 3.78. The average Bonchev–Trinajstić information content (AvgIpc) is 3.27. The summed E-state index contributed by atoms with van der Waals surface area (Å²) in [6.07, 6.45) is 0.931. The third kappa shape index (κ3) is 2.84. The molecular weight excluding hydrogens is 266 g/mol. The number of carbonyl (C=O) groups excluding carboxylic acids is 1. The minimum atomic E-state index is -0.269. The van der Waals surface area contributed by atoms with Crippen LogP contribution >= 0.6 is 0 Å². The predicted molar refractivity (Wildman–Crippen MR) is 79.7 cm³/mol. The van der Waals surface area contributed by atoms with Gasteiger partial charge in [0.1, 0.15) is 11.5 Å². The Morgan fingerprint density at radius 1 is 1.24 bits per heavy atom. The molecule has 4 nitrogen and oxygen atoms in total. The summed E-state index contributed by atoms with van der Waals surface area (Å²) in [5.41, 5.74) is 1.48. The first-order valence-corrected chi connectivity index (χ1v) is 6.92. The molecule has 1 aliphatic rings. The zero-order valence-electron chi connectivity index (χ0n) is 11.7. The van der Waals surface area contributed by atoms with Crippen molar-refractivity contribution < 1.29 is 14.6 Å². The first-order chi connectivity index (χ1) is 10.2. The molecule has 2 N–H and O–H groups in total. The van der Waals surface area contributed by atoms with Crippen molar-refractivity contribution in [3.63, 3.8) is 0 Å². The second-order valence-electron chi connectivity index (χ2n) is 5.22. The molecule has 4 heteroatoms. The summed E-state index contributed by atoms with van der Waals surface area (Å²) in [5, 5.41) is 12.8. The number of rotatable bonds is 4. The Morgan fingerprint density at radius 3 is 2.71 bits per heavy atom. The fourth-order valence-electron chi connectivity index (χ4n) is 2.49. The molecule has 2 aromatic rings. The second-order valence-corrected chi connectivity index (χ2v) is 5.22. The van der Waals surface area contributed by atoms with Gasteiger partial charge in [0.15, 0.2) is 0 Å². The number of methoxy groups -OCH3 is 1. The van der Waals surface area contributed by atoms with E-state index in [0.29, 0.717) is 11.7 Å². The van der Waals surface area contributed by atoms with Gasteiger partial charge in [-0.2, -0.15) is 0 Å². The summed E-state index contributed by atoms with van der Waals surface area (Å²) in [6.45, 7) is 0. The number of phenolic OH excluding ortho intramolecular Hbond substituents is 1. The van der Waals surface area contributed by atoms with Gasteiger partial charge in [0, 0.05) is 12.0 Å². The number of benzene rings is 2. The van der Waals surface area contributed by atoms with Crippen molar-refractivity contribution in [1.29, 1.82) is 0 Å². The van der Waals surface area contributed by atoms with E-state index in [0.717, 1.165) is 6.42 Å². The maximum Gasteiger partial charge on any atom is 0.255 e. The van der Waals surface area contributed by atoms with Crippen molar-refractivity contribution in [2.45, 2.75) is 18.4 Å². The molecule has 0 aromatic heterocycles. The predicted octanol–water partition coefficient (Wildman–Crippen LogP) is 2.69. The van der Waals surface area contributed by atoms with Crippen molar-refractivity contribution in [1.82, 2.24) is 5.32 Å². The summed E-state index contributed by atoms with van der Waals surface area (Å²) < 4.78 is 5.08. The van der Waals surface area contributed by atoms with E-state index in [1.54, 1.807) is 12.1 Å². The van der Waals surface area contributed by atoms with E-state index in [9.17, 15) is 9.90 Å². The van der Waals surface area contributed by atoms with E-state index >= 15 is 0 Å². The Kier molecular flexibility index (Phi) is 3.52. The Hall–Kier alpha value is -2.49. The molecule has 0 spiro atoms. The van der Waals surface area contributed by atoms with Gasteiger partial charge in [-0.1, -0.05) is 30.3 Å². The fraction of sp³-hybridized carbons (Fsp3) is 0.235. The van der Waals surface area contributed by atoms with Crippen LogP contribution in [0.3, 0.4) is 0 Å². The first kappa shape index (κ1) is 13.5. The minimum Gasteiger partial charge on any atom is -0.507 e. The molecule has 0 heterocycles. The number of phenols is 1. The third-order valence-corrected chi connectivity index (χ3v) is 3.78. The zero-order valence-corrected chi connectivity index (χ0v) is 11.7. The van der Waals surface area contributed by atoms with E-state index < -0.39 is 0 Å². The van der Waals surface area contributed by atoms with Gasteiger partial charge in [-0.25, -0.2) is 0 Å². The van der Waals surface area contributed by atoms with Gasteiger partial charge in [-0.05, 0) is 30.2 Å². The highest BCUT2D eigenvalue weighted by molar-refractivity contribution is 5.97. The van der Waals surface area contributed by atoms with Crippen LogP contribution in [0.5, 0.6) is 11.5 Å². The zero-order chi connectivity index (χ0) is 14.8. The molecule has 1 amide bonds. The lowest BCUT2D eigenvalue weighted by Gasteiger charge is -2.08. The normalized spacial score (nSPS) is 19.9. The number of carbonyl (C=O) groups is 1. The van der Waals surface area contributed by atoms with Crippen molar-refractivity contribution >= 4 is 5.91 Å². The molecule has 2 aromatic carbocycles. The highest BCUT2D eigenvalue weighted by Gasteiger charge is 2.39. The van der Waals surface area contributed by atoms with Crippen molar-refractivity contribution in [2.24, 2.45) is 0 Å². The Morgan fingerprint density at radius 2 is 2.00 bits per heavy atom. The van der Waals surface area contributed by atoms with Crippen LogP contribution in [0.15, 0.2) is 48.5 Å². The van der Waals surface area contributed by atoms with Crippen molar-refractivity contribution in [3.05, 3.63) is 59.7 Å². The lowest BCUT2D eigenvalue weighted by molar-refractivity contribution is 0.0947. The molecule has 21 heavy (non-hydrogen) atoms. The average molecular weight is 283 g/mol. The van der Waals surface area contributed by atoms with Crippen LogP contribution in [-0.2, 0) is 0 Å². The second kappa shape index (κ2) is 5.48. The van der Waals surface area contributed by atoms with Crippen LogP contribution in [0.4, 0.5) is 0 Å². The Balaban J connectivity index is 1.68. The minimum absolute atomic E-state index is 0.0368. The topological polar surface area (TPSA) is 58.6 Å². The molecule has 0 saturated heterocycles. The van der Waals surface area contributed by atoms with Crippen molar-refractivity contribution in [3.8, 4) is 11.5 Å². The summed E-state index contributed by atoms with van der Waals surface area (Å²) in [6, 6.07) is 14.9. The lowest BCUT2D eigenvalue weighted by atomic mass is 10.1. The highest BCUT2D eigenvalue weighted by Crippen LogP contribution is 2.41. The fourth-order valence-corrected chi connectivity index (χ4v) is 2.49. The SMILES string of the molecule is COc1ccc(O)c(C(=O)NC2CC2c2ccccc2)c1. The molecule has 1 saturated carbocycles. The summed E-state index contributed by atoms with van der Waals surface area (Å²) in [7, 11) is 1.53. The molecule has 2 atom stereocenters. The summed E-state index contributed by atoms with van der Waals surface area (Å²) in [4.78, 5) is 12.2. The maximum absolute atomic E-state index is 12.2. The quantitative estimate of drug-likeness (QED) is 0.907. The van der Waals surface area contributed by atoms with Crippen LogP contribution in [0.1, 0.15) is 28.3 Å². The molecule has 0 aliphatic heterocycles. The van der Waals surface area contributed by atoms with Crippen LogP contribution in [-0.4, -0.2) is 24.2 Å². The van der Waals surface area contributed by atoms with E-state index in [1.807, 2.05) is 18.2 Å². The molecule has 3 rings (SSSR count). The van der Waals surface area contributed by atoms with Gasteiger partial charge in [0.25, 0.3) is 5.91 Å². The largest absolute Gasteiger partial charge is 0.507 e. The van der Waals surface area contributed by atoms with E-state index in [1.165, 1.54) is 18.7 Å². The number of hydrogen-bond donors (Lipinski definition) is 2. The van der Waals surface area contributed by atoms with Gasteiger partial charge >= 0.3 is 0 Å². The van der Waals surface area contributed by atoms with Gasteiger partial charge < -0.3 is 15.2 Å². The van der Waals surface area contributed by atoms with Crippen LogP contribution in [0, 0.1) is 0 Å². The molecule has 1 aliphatic carbocycles. The van der Waals surface area contributed by atoms with Gasteiger partial charge in [0.05, 0.1) is 12.7 Å². The first-order valence-electron chi connectivity index (χ1n) is 6.92. The van der Waals surface area contributed by atoms with E-state index in [4.69, 9.17) is 4.74 Å². The number of hydrogen-bond acceptors (Lipinski definition) is 3. The number of ether oxygens (including phenoxy) is 1. The van der Waals surface area contributed by atoms with Crippen LogP contribution < -0.4 is 10.1 Å².